The highest BCUT2D eigenvalue weighted by Crippen LogP contribution is 2.67. The van der Waals surface area contributed by atoms with Crippen LogP contribution in [0.25, 0.3) is 0 Å². The molecule has 466 valence electrons. The molecule has 23 heteroatoms. The second-order valence-corrected chi connectivity index (χ2v) is 31.8. The average Bonchev–Trinajstić information content (AvgIpc) is 1.60. The van der Waals surface area contributed by atoms with Crippen LogP contribution in [-0.4, -0.2) is 114 Å². The minimum absolute atomic E-state index is 0.0106. The van der Waals surface area contributed by atoms with Gasteiger partial charge in [-0.05, 0) is 154 Å². The van der Waals surface area contributed by atoms with Crippen molar-refractivity contribution in [2.75, 3.05) is 63.0 Å². The second-order valence-electron chi connectivity index (χ2n) is 25.3. The first-order valence-electron chi connectivity index (χ1n) is 30.2. The number of hydrogen-bond acceptors (Lipinski definition) is 10. The summed E-state index contributed by atoms with van der Waals surface area (Å²) in [4.78, 5) is 47.2. The molecule has 4 aliphatic carbocycles. The number of alkyl halides is 6. The van der Waals surface area contributed by atoms with Crippen molar-refractivity contribution in [2.45, 2.75) is 138 Å². The third-order valence-electron chi connectivity index (χ3n) is 19.1. The molecule has 4 saturated carbocycles. The van der Waals surface area contributed by atoms with E-state index in [0.29, 0.717) is 44.9 Å². The minimum atomic E-state index is -4.86. The number of carbonyl (C=O) groups excluding carboxylic acids is 2. The molecule has 0 radical (unpaired) electrons. The largest absolute Gasteiger partial charge is 0.419 e. The number of nitrogens with one attached hydrogen (secondary N) is 2. The first-order chi connectivity index (χ1) is 41.5. The van der Waals surface area contributed by atoms with E-state index in [9.17, 15) is 44.7 Å². The molecule has 12 rings (SSSR count). The standard InChI is InChI=1S/C40H46F4N4O2SSi.C24H29F4N5OS/c1-38(2,3)52(29-12-6-4-7-13-29,30-14-8-5-9-15-30)50-27-36-45-26-35(51-36)39-19-18-34(32(39)25-39)48(23-22-47-20-10-11-21-47)37(49)46-28-16-17-33(41)31(24-28)40(42,43)44;25-18-4-3-15(11-16(18)24(26,27)28)31-22(34)33(10-9-32-7-1-2-8-32)19-5-6-23(12-17(19)23)20-14-30-21(13-29)35-20/h4-9,12-17,24,26,32,34H,10-11,18-23,25,27H2,1-3H3,(H,46,49);3-4,11,14,17,19H,1-2,5-10,12-13,29H2,(H,31,34)/t32-,34-,39+;17-,19-,23+/m11/s1. The van der Waals surface area contributed by atoms with Crippen LogP contribution in [0.5, 0.6) is 0 Å². The number of urea groups is 2. The van der Waals surface area contributed by atoms with Gasteiger partial charge in [-0.25, -0.2) is 28.3 Å². The average molecular weight is 1260 g/mol. The van der Waals surface area contributed by atoms with E-state index in [4.69, 9.17) is 15.1 Å². The number of thiazole rings is 2. The number of nitrogens with two attached hydrogens (primary N) is 1. The summed E-state index contributed by atoms with van der Waals surface area (Å²) < 4.78 is 115. The lowest BCUT2D eigenvalue weighted by atomic mass is 10.0. The van der Waals surface area contributed by atoms with Gasteiger partial charge in [-0.1, -0.05) is 81.4 Å². The zero-order valence-corrected chi connectivity index (χ0v) is 51.8. The lowest BCUT2D eigenvalue weighted by Crippen LogP contribution is -2.66. The van der Waals surface area contributed by atoms with Gasteiger partial charge in [0, 0.05) is 89.2 Å². The summed E-state index contributed by atoms with van der Waals surface area (Å²) in [6.45, 7) is 13.9. The molecule has 4 amide bonds. The molecule has 4 heterocycles. The van der Waals surface area contributed by atoms with Crippen LogP contribution in [0.1, 0.15) is 116 Å². The molecule has 0 spiro atoms. The van der Waals surface area contributed by atoms with Gasteiger partial charge in [0.05, 0.1) is 17.7 Å². The monoisotopic (exact) mass is 1260 g/mol. The minimum Gasteiger partial charge on any atom is -0.401 e. The fourth-order valence-electron chi connectivity index (χ4n) is 14.6. The van der Waals surface area contributed by atoms with Crippen LogP contribution in [0, 0.1) is 23.5 Å². The number of hydrogen-bond donors (Lipinski definition) is 3. The van der Waals surface area contributed by atoms with E-state index in [1.807, 2.05) is 29.4 Å². The highest BCUT2D eigenvalue weighted by atomic mass is 32.1. The van der Waals surface area contributed by atoms with Gasteiger partial charge < -0.3 is 40.4 Å². The molecule has 4 N–H and O–H groups in total. The van der Waals surface area contributed by atoms with E-state index >= 15 is 0 Å². The van der Waals surface area contributed by atoms with E-state index in [1.54, 1.807) is 27.6 Å². The zero-order chi connectivity index (χ0) is 61.5. The fourth-order valence-corrected chi connectivity index (χ4v) is 21.4. The SMILES string of the molecule is CC(C)(C)[Si](OCc1ncc([C@]23CC[C@@H](N(CCN4CCCC4)C(=O)Nc4ccc(F)c(C(F)(F)F)c4)[C@H]2C3)s1)(c1ccccc1)c1ccccc1.NCc1ncc([C@]23CC[C@@H](N(CCN4CCCC4)C(=O)Nc4ccc(F)c(C(F)(F)F)c4)[C@H]2C3)s1. The van der Waals surface area contributed by atoms with Crippen molar-refractivity contribution in [3.05, 3.63) is 152 Å². The van der Waals surface area contributed by atoms with Gasteiger partial charge in [-0.3, -0.25) is 0 Å². The Morgan fingerprint density at radius 1 is 0.644 bits per heavy atom. The Morgan fingerprint density at radius 2 is 1.06 bits per heavy atom. The Kier molecular flexibility index (Phi) is 18.2. The quantitative estimate of drug-likeness (QED) is 0.0573. The summed E-state index contributed by atoms with van der Waals surface area (Å²) in [5.41, 5.74) is 2.76. The molecule has 6 fully saturated rings. The van der Waals surface area contributed by atoms with Crippen molar-refractivity contribution < 1.29 is 49.1 Å². The molecule has 4 aromatic carbocycles. The smallest absolute Gasteiger partial charge is 0.401 e. The van der Waals surface area contributed by atoms with Crippen molar-refractivity contribution in [1.82, 2.24) is 29.6 Å². The first kappa shape index (κ1) is 62.8. The maximum absolute atomic E-state index is 14.0. The number of aromatic nitrogens is 2. The summed E-state index contributed by atoms with van der Waals surface area (Å²) in [6, 6.07) is 25.3. The molecule has 6 aliphatic rings. The van der Waals surface area contributed by atoms with E-state index < -0.39 is 55.5 Å². The van der Waals surface area contributed by atoms with E-state index in [1.165, 1.54) is 32.3 Å². The van der Waals surface area contributed by atoms with E-state index in [-0.39, 0.29) is 51.2 Å². The van der Waals surface area contributed by atoms with Crippen LogP contribution in [0.4, 0.5) is 56.1 Å². The normalized spacial score (nSPS) is 23.6. The van der Waals surface area contributed by atoms with Crippen LogP contribution < -0.4 is 26.7 Å². The number of amides is 4. The summed E-state index contributed by atoms with van der Waals surface area (Å²) in [6.07, 6.45) is 4.04. The Balaban J connectivity index is 0.000000195. The van der Waals surface area contributed by atoms with Crippen LogP contribution in [0.2, 0.25) is 5.04 Å². The third-order valence-corrected chi connectivity index (χ3v) is 26.6. The van der Waals surface area contributed by atoms with E-state index in [2.05, 4.69) is 94.7 Å². The summed E-state index contributed by atoms with van der Waals surface area (Å²) >= 11 is 3.32. The van der Waals surface area contributed by atoms with Gasteiger partial charge >= 0.3 is 24.4 Å². The molecular formula is C64H75F8N9O3S2Si. The van der Waals surface area contributed by atoms with Gasteiger partial charge in [-0.15, -0.1) is 22.7 Å². The van der Waals surface area contributed by atoms with Crippen LogP contribution >= 0.6 is 22.7 Å². The van der Waals surface area contributed by atoms with Crippen molar-refractivity contribution in [3.63, 3.8) is 0 Å². The Morgan fingerprint density at radius 3 is 1.44 bits per heavy atom. The van der Waals surface area contributed by atoms with Crippen LogP contribution in [-0.2, 0) is 40.8 Å². The molecule has 6 atom stereocenters. The lowest BCUT2D eigenvalue weighted by Gasteiger charge is -2.42. The molecule has 2 saturated heterocycles. The van der Waals surface area contributed by atoms with Gasteiger partial charge in [0.2, 0.25) is 0 Å². The van der Waals surface area contributed by atoms with Crippen LogP contribution in [0.15, 0.2) is 109 Å². The van der Waals surface area contributed by atoms with Gasteiger partial charge in [0.25, 0.3) is 8.32 Å². The zero-order valence-electron chi connectivity index (χ0n) is 49.2. The highest BCUT2D eigenvalue weighted by Gasteiger charge is 2.66. The first-order valence-corrected chi connectivity index (χ1v) is 33.8. The molecular weight excluding hydrogens is 1190 g/mol. The Hall–Kier alpha value is -5.82. The molecule has 87 heavy (non-hydrogen) atoms. The predicted molar refractivity (Wildman–Crippen MR) is 326 cm³/mol. The van der Waals surface area contributed by atoms with E-state index in [0.717, 1.165) is 119 Å². The molecule has 0 bridgehead atoms. The van der Waals surface area contributed by atoms with Crippen molar-refractivity contribution in [1.29, 1.82) is 0 Å². The number of likely N-dealkylation sites (tertiary alicyclic amines) is 2. The fraction of sp³-hybridized carbons (Fsp3) is 0.500. The topological polar surface area (TPSA) is 132 Å². The summed E-state index contributed by atoms with van der Waals surface area (Å²) in [7, 11) is -2.74. The number of rotatable bonds is 18. The predicted octanol–water partition coefficient (Wildman–Crippen LogP) is 13.2. The second kappa shape index (κ2) is 25.2. The summed E-state index contributed by atoms with van der Waals surface area (Å²) in [5, 5.41) is 9.38. The number of benzene rings is 4. The number of carbonyl (C=O) groups is 2. The molecule has 2 aliphatic heterocycles. The van der Waals surface area contributed by atoms with Gasteiger partial charge in [-0.2, -0.15) is 26.3 Å². The third kappa shape index (κ3) is 13.1. The maximum Gasteiger partial charge on any atom is 0.419 e. The maximum atomic E-state index is 14.0. The van der Waals surface area contributed by atoms with Gasteiger partial charge in [0.1, 0.15) is 21.6 Å². The van der Waals surface area contributed by atoms with Crippen molar-refractivity contribution >= 4 is 64.8 Å². The molecule has 6 aromatic rings. The lowest BCUT2D eigenvalue weighted by molar-refractivity contribution is -0.140. The number of nitrogens with zero attached hydrogens (tertiary/aromatic N) is 6. The highest BCUT2D eigenvalue weighted by molar-refractivity contribution is 7.12. The van der Waals surface area contributed by atoms with Crippen molar-refractivity contribution in [2.24, 2.45) is 17.6 Å². The van der Waals surface area contributed by atoms with Gasteiger partial charge in [0.15, 0.2) is 0 Å². The Bertz CT molecular complexity index is 3330. The van der Waals surface area contributed by atoms with Crippen molar-refractivity contribution in [3.8, 4) is 0 Å². The molecule has 12 nitrogen and oxygen atoms in total. The summed E-state index contributed by atoms with van der Waals surface area (Å²) in [5.74, 6) is -2.21. The molecule has 2 aromatic heterocycles. The van der Waals surface area contributed by atoms with Crippen LogP contribution in [0.3, 0.4) is 0 Å². The number of fused-ring (bicyclic) bond motifs is 2. The number of halogens is 8. The number of anilines is 2. The Labute approximate surface area is 512 Å². The molecule has 0 unspecified atom stereocenters.